The van der Waals surface area contributed by atoms with Crippen LogP contribution in [0, 0.1) is 5.92 Å². The molecule has 3 heterocycles. The number of anilines is 3. The van der Waals surface area contributed by atoms with Gasteiger partial charge in [0.15, 0.2) is 0 Å². The average Bonchev–Trinajstić information content (AvgIpc) is 3.37. The maximum absolute atomic E-state index is 10.2. The van der Waals surface area contributed by atoms with E-state index in [0.717, 1.165) is 20.8 Å². The summed E-state index contributed by atoms with van der Waals surface area (Å²) >= 11 is 1.58. The standard InChI is InChI=1S/C21H21N7O2S/c29-10-12-5-13(6-17(12)30)25-19-15(20-27-16-3-1-2-4-18(16)31-20)9-24-21(28-19)26-14-7-22-11-23-8-14/h1-4,7-9,11-13,17,29-30H,5-6,10H2,(H2,24,25,26,28). The smallest absolute Gasteiger partial charge is 0.229 e. The molecule has 4 N–H and O–H groups in total. The molecule has 1 aliphatic rings. The van der Waals surface area contributed by atoms with Crippen LogP contribution in [0.2, 0.25) is 0 Å². The molecule has 0 aliphatic heterocycles. The van der Waals surface area contributed by atoms with Gasteiger partial charge in [0.05, 0.1) is 40.0 Å². The molecule has 3 unspecified atom stereocenters. The van der Waals surface area contributed by atoms with Crippen LogP contribution in [0.4, 0.5) is 17.5 Å². The molecule has 0 saturated heterocycles. The van der Waals surface area contributed by atoms with Crippen LogP contribution in [0.5, 0.6) is 0 Å². The summed E-state index contributed by atoms with van der Waals surface area (Å²) in [6.07, 6.45) is 7.16. The zero-order chi connectivity index (χ0) is 21.2. The van der Waals surface area contributed by atoms with Gasteiger partial charge in [-0.25, -0.2) is 19.9 Å². The molecule has 1 aliphatic carbocycles. The van der Waals surface area contributed by atoms with Crippen molar-refractivity contribution in [1.29, 1.82) is 0 Å². The molecule has 3 atom stereocenters. The lowest BCUT2D eigenvalue weighted by Gasteiger charge is -2.16. The number of thiazole rings is 1. The molecule has 0 bridgehead atoms. The molecule has 9 nitrogen and oxygen atoms in total. The van der Waals surface area contributed by atoms with Gasteiger partial charge in [-0.15, -0.1) is 11.3 Å². The Balaban J connectivity index is 1.50. The molecule has 0 radical (unpaired) electrons. The summed E-state index contributed by atoms with van der Waals surface area (Å²) in [5, 5.41) is 27.1. The number of fused-ring (bicyclic) bond motifs is 1. The van der Waals surface area contributed by atoms with Crippen LogP contribution in [0.15, 0.2) is 49.2 Å². The molecule has 0 spiro atoms. The van der Waals surface area contributed by atoms with E-state index < -0.39 is 6.10 Å². The monoisotopic (exact) mass is 435 g/mol. The van der Waals surface area contributed by atoms with Crippen molar-refractivity contribution in [3.8, 4) is 10.6 Å². The van der Waals surface area contributed by atoms with E-state index in [0.29, 0.717) is 30.3 Å². The predicted octanol–water partition coefficient (Wildman–Crippen LogP) is 2.83. The van der Waals surface area contributed by atoms with Crippen LogP contribution >= 0.6 is 11.3 Å². The van der Waals surface area contributed by atoms with E-state index in [2.05, 4.69) is 30.6 Å². The fourth-order valence-electron chi connectivity index (χ4n) is 3.80. The van der Waals surface area contributed by atoms with Crippen LogP contribution < -0.4 is 10.6 Å². The number of aromatic nitrogens is 5. The number of rotatable bonds is 6. The predicted molar refractivity (Wildman–Crippen MR) is 119 cm³/mol. The van der Waals surface area contributed by atoms with Gasteiger partial charge in [-0.1, -0.05) is 12.1 Å². The van der Waals surface area contributed by atoms with Gasteiger partial charge >= 0.3 is 0 Å². The van der Waals surface area contributed by atoms with Crippen LogP contribution in [0.1, 0.15) is 12.8 Å². The zero-order valence-corrected chi connectivity index (χ0v) is 17.3. The van der Waals surface area contributed by atoms with Gasteiger partial charge < -0.3 is 20.8 Å². The van der Waals surface area contributed by atoms with Crippen molar-refractivity contribution < 1.29 is 10.2 Å². The molecular weight excluding hydrogens is 414 g/mol. The van der Waals surface area contributed by atoms with E-state index in [4.69, 9.17) is 4.98 Å². The molecule has 158 valence electrons. The Kier molecular flexibility index (Phi) is 5.41. The van der Waals surface area contributed by atoms with Crippen molar-refractivity contribution in [3.05, 3.63) is 49.2 Å². The summed E-state index contributed by atoms with van der Waals surface area (Å²) in [7, 11) is 0. The van der Waals surface area contributed by atoms with E-state index in [1.165, 1.54) is 6.33 Å². The Labute approximate surface area is 182 Å². The maximum atomic E-state index is 10.2. The lowest BCUT2D eigenvalue weighted by Crippen LogP contribution is -2.18. The van der Waals surface area contributed by atoms with Crippen molar-refractivity contribution in [2.24, 2.45) is 5.92 Å². The molecule has 1 saturated carbocycles. The third-order valence-electron chi connectivity index (χ3n) is 5.36. The van der Waals surface area contributed by atoms with Crippen molar-refractivity contribution in [2.75, 3.05) is 17.2 Å². The topological polar surface area (TPSA) is 129 Å². The van der Waals surface area contributed by atoms with Crippen LogP contribution in [-0.2, 0) is 0 Å². The number of nitrogens with zero attached hydrogens (tertiary/aromatic N) is 5. The Bertz CT molecular complexity index is 1150. The van der Waals surface area contributed by atoms with Crippen molar-refractivity contribution in [3.63, 3.8) is 0 Å². The summed E-state index contributed by atoms with van der Waals surface area (Å²) < 4.78 is 1.09. The minimum Gasteiger partial charge on any atom is -0.396 e. The normalized spacial score (nSPS) is 20.8. The summed E-state index contributed by atoms with van der Waals surface area (Å²) in [6, 6.07) is 7.96. The molecule has 5 rings (SSSR count). The minimum atomic E-state index is -0.533. The highest BCUT2D eigenvalue weighted by atomic mass is 32.1. The Morgan fingerprint density at radius 3 is 2.68 bits per heavy atom. The number of nitrogens with one attached hydrogen (secondary N) is 2. The molecule has 4 aromatic rings. The minimum absolute atomic E-state index is 0.0110. The molecule has 3 aromatic heterocycles. The first kappa shape index (κ1) is 19.7. The van der Waals surface area contributed by atoms with Crippen LogP contribution in [-0.4, -0.2) is 53.9 Å². The molecule has 0 amide bonds. The second-order valence-corrected chi connectivity index (χ2v) is 8.55. The van der Waals surface area contributed by atoms with Gasteiger partial charge in [-0.2, -0.15) is 4.98 Å². The number of aliphatic hydroxyl groups excluding tert-OH is 2. The zero-order valence-electron chi connectivity index (χ0n) is 16.5. The van der Waals surface area contributed by atoms with Gasteiger partial charge in [0.1, 0.15) is 17.2 Å². The highest BCUT2D eigenvalue weighted by Crippen LogP contribution is 2.36. The third kappa shape index (κ3) is 4.18. The highest BCUT2D eigenvalue weighted by Gasteiger charge is 2.33. The lowest BCUT2D eigenvalue weighted by atomic mass is 10.1. The molecular formula is C21H21N7O2S. The first-order chi connectivity index (χ1) is 15.2. The van der Waals surface area contributed by atoms with E-state index >= 15 is 0 Å². The SMILES string of the molecule is OCC1CC(Nc2nc(Nc3cncnc3)ncc2-c2nc3ccccc3s2)CC1O. The van der Waals surface area contributed by atoms with Crippen LogP contribution in [0.3, 0.4) is 0 Å². The van der Waals surface area contributed by atoms with Crippen molar-refractivity contribution in [2.45, 2.75) is 25.0 Å². The first-order valence-corrected chi connectivity index (χ1v) is 10.8. The Morgan fingerprint density at radius 2 is 1.90 bits per heavy atom. The fraction of sp³-hybridized carbons (Fsp3) is 0.286. The van der Waals surface area contributed by atoms with Crippen molar-refractivity contribution in [1.82, 2.24) is 24.9 Å². The first-order valence-electron chi connectivity index (χ1n) is 10.00. The maximum Gasteiger partial charge on any atom is 0.229 e. The van der Waals surface area contributed by atoms with E-state index in [1.54, 1.807) is 29.9 Å². The molecule has 1 fully saturated rings. The van der Waals surface area contributed by atoms with Gasteiger partial charge in [0, 0.05) is 24.8 Å². The number of aliphatic hydroxyl groups is 2. The second-order valence-electron chi connectivity index (χ2n) is 7.52. The van der Waals surface area contributed by atoms with E-state index in [1.807, 2.05) is 24.3 Å². The Morgan fingerprint density at radius 1 is 1.06 bits per heavy atom. The van der Waals surface area contributed by atoms with E-state index in [-0.39, 0.29) is 18.6 Å². The third-order valence-corrected chi connectivity index (χ3v) is 6.43. The van der Waals surface area contributed by atoms with Crippen molar-refractivity contribution >= 4 is 39.0 Å². The quantitative estimate of drug-likeness (QED) is 0.361. The Hall–Kier alpha value is -3.21. The number of para-hydroxylation sites is 1. The number of hydrogen-bond donors (Lipinski definition) is 4. The largest absolute Gasteiger partial charge is 0.396 e. The highest BCUT2D eigenvalue weighted by molar-refractivity contribution is 7.21. The summed E-state index contributed by atoms with van der Waals surface area (Å²) in [5.41, 5.74) is 2.39. The molecule has 10 heteroatoms. The number of benzene rings is 1. The second kappa shape index (κ2) is 8.50. The number of hydrogen-bond acceptors (Lipinski definition) is 10. The van der Waals surface area contributed by atoms with E-state index in [9.17, 15) is 10.2 Å². The summed E-state index contributed by atoms with van der Waals surface area (Å²) in [5.74, 6) is 0.896. The molecule has 31 heavy (non-hydrogen) atoms. The van der Waals surface area contributed by atoms with Gasteiger partial charge in [-0.05, 0) is 25.0 Å². The summed E-state index contributed by atoms with van der Waals surface area (Å²) in [6.45, 7) is -0.0331. The lowest BCUT2D eigenvalue weighted by molar-refractivity contribution is 0.0908. The fourth-order valence-corrected chi connectivity index (χ4v) is 4.78. The molecule has 1 aromatic carbocycles. The van der Waals surface area contributed by atoms with Gasteiger partial charge in [0.2, 0.25) is 5.95 Å². The van der Waals surface area contributed by atoms with Gasteiger partial charge in [0.25, 0.3) is 0 Å². The summed E-state index contributed by atoms with van der Waals surface area (Å²) in [4.78, 5) is 21.9. The average molecular weight is 436 g/mol. The van der Waals surface area contributed by atoms with Gasteiger partial charge in [-0.3, -0.25) is 0 Å². The van der Waals surface area contributed by atoms with Crippen LogP contribution in [0.25, 0.3) is 20.8 Å².